The van der Waals surface area contributed by atoms with Gasteiger partial charge in [0.1, 0.15) is 5.82 Å². The fraction of sp³-hybridized carbons (Fsp3) is 0.0435. The molecule has 138 valence electrons. The van der Waals surface area contributed by atoms with Crippen molar-refractivity contribution in [2.75, 3.05) is 0 Å². The molecule has 2 aromatic heterocycles. The molecule has 0 unspecified atom stereocenters. The summed E-state index contributed by atoms with van der Waals surface area (Å²) >= 11 is 1.65. The fourth-order valence-electron chi connectivity index (χ4n) is 2.94. The van der Waals surface area contributed by atoms with E-state index in [2.05, 4.69) is 22.5 Å². The van der Waals surface area contributed by atoms with E-state index >= 15 is 0 Å². The van der Waals surface area contributed by atoms with E-state index in [4.69, 9.17) is 10.7 Å². The van der Waals surface area contributed by atoms with Crippen molar-refractivity contribution in [3.63, 3.8) is 0 Å². The molecule has 28 heavy (non-hydrogen) atoms. The maximum atomic E-state index is 14.0. The van der Waals surface area contributed by atoms with Gasteiger partial charge in [-0.15, -0.1) is 11.3 Å². The Morgan fingerprint density at radius 2 is 1.82 bits per heavy atom. The number of benzene rings is 2. The van der Waals surface area contributed by atoms with Gasteiger partial charge in [-0.05, 0) is 30.3 Å². The minimum atomic E-state index is -0.262. The quantitative estimate of drug-likeness (QED) is 0.465. The molecule has 2 N–H and O–H groups in total. The molecule has 0 spiro atoms. The molecule has 0 fully saturated rings. The molecule has 0 radical (unpaired) electrons. The molecule has 3 nitrogen and oxygen atoms in total. The molecular formula is C23H18FN3S. The summed E-state index contributed by atoms with van der Waals surface area (Å²) < 4.78 is 15.2. The molecule has 0 aliphatic heterocycles. The molecule has 0 bridgehead atoms. The van der Waals surface area contributed by atoms with Gasteiger partial charge < -0.3 is 5.73 Å². The summed E-state index contributed by atoms with van der Waals surface area (Å²) in [5.74, 6) is -0.262. The van der Waals surface area contributed by atoms with Crippen LogP contribution in [0, 0.1) is 5.82 Å². The van der Waals surface area contributed by atoms with E-state index in [0.717, 1.165) is 10.9 Å². The lowest BCUT2D eigenvalue weighted by Crippen LogP contribution is -2.05. The number of rotatable bonds is 5. The van der Waals surface area contributed by atoms with Gasteiger partial charge in [0.25, 0.3) is 0 Å². The highest BCUT2D eigenvalue weighted by atomic mass is 32.1. The van der Waals surface area contributed by atoms with Crippen LogP contribution in [0.3, 0.4) is 0 Å². The number of fused-ring (bicyclic) bond motifs is 1. The minimum absolute atomic E-state index is 0.234. The van der Waals surface area contributed by atoms with Gasteiger partial charge in [-0.25, -0.2) is 4.39 Å². The van der Waals surface area contributed by atoms with E-state index in [1.54, 1.807) is 29.7 Å². The summed E-state index contributed by atoms with van der Waals surface area (Å²) in [5, 5.41) is 3.16. The van der Waals surface area contributed by atoms with Crippen LogP contribution in [0.15, 0.2) is 89.4 Å². The van der Waals surface area contributed by atoms with Crippen molar-refractivity contribution in [3.8, 4) is 0 Å². The van der Waals surface area contributed by atoms with Crippen molar-refractivity contribution in [3.05, 3.63) is 107 Å². The second kappa shape index (κ2) is 8.15. The van der Waals surface area contributed by atoms with E-state index in [0.29, 0.717) is 22.7 Å². The summed E-state index contributed by atoms with van der Waals surface area (Å²) in [5.41, 5.74) is 9.73. The highest BCUT2D eigenvalue weighted by Crippen LogP contribution is 2.27. The first kappa shape index (κ1) is 18.1. The summed E-state index contributed by atoms with van der Waals surface area (Å²) in [6.07, 6.45) is 3.52. The Bertz CT molecular complexity index is 1160. The third-order valence-corrected chi connectivity index (χ3v) is 5.35. The zero-order chi connectivity index (χ0) is 19.3. The first-order valence-electron chi connectivity index (χ1n) is 8.85. The van der Waals surface area contributed by atoms with Gasteiger partial charge in [0.15, 0.2) is 0 Å². The first-order chi connectivity index (χ1) is 13.7. The van der Waals surface area contributed by atoms with E-state index in [-0.39, 0.29) is 12.4 Å². The molecule has 0 aliphatic rings. The van der Waals surface area contributed by atoms with E-state index in [9.17, 15) is 4.39 Å². The standard InChI is InChI=1S/C23H18FN3S/c24-19-9-3-1-7-16(19)14-27-22(13-20(25)21-10-5-6-12-26-21)18-15-28-23-11-4-2-8-17(18)23/h1-13,15H,14,25H2. The smallest absolute Gasteiger partial charge is 0.128 e. The molecule has 0 aliphatic carbocycles. The molecule has 2 aromatic carbocycles. The van der Waals surface area contributed by atoms with E-state index in [1.165, 1.54) is 10.8 Å². The van der Waals surface area contributed by atoms with Crippen LogP contribution in [0.2, 0.25) is 0 Å². The fourth-order valence-corrected chi connectivity index (χ4v) is 3.89. The number of allylic oxidation sites excluding steroid dienone is 1. The number of hydrogen-bond acceptors (Lipinski definition) is 4. The lowest BCUT2D eigenvalue weighted by molar-refractivity contribution is 0.611. The molecule has 4 aromatic rings. The zero-order valence-corrected chi connectivity index (χ0v) is 15.9. The Morgan fingerprint density at radius 1 is 1.04 bits per heavy atom. The van der Waals surface area contributed by atoms with Crippen molar-refractivity contribution in [1.29, 1.82) is 0 Å². The predicted molar refractivity (Wildman–Crippen MR) is 115 cm³/mol. The molecule has 0 atom stereocenters. The third kappa shape index (κ3) is 3.85. The van der Waals surface area contributed by atoms with Crippen molar-refractivity contribution < 1.29 is 4.39 Å². The summed E-state index contributed by atoms with van der Waals surface area (Å²) in [6, 6.07) is 20.4. The molecule has 0 amide bonds. The van der Waals surface area contributed by atoms with E-state index in [1.807, 2.05) is 42.5 Å². The van der Waals surface area contributed by atoms with Crippen LogP contribution >= 0.6 is 11.3 Å². The Hall–Kier alpha value is -3.31. The van der Waals surface area contributed by atoms with Crippen molar-refractivity contribution in [1.82, 2.24) is 4.98 Å². The van der Waals surface area contributed by atoms with Gasteiger partial charge in [0.2, 0.25) is 0 Å². The molecule has 4 rings (SSSR count). The van der Waals surface area contributed by atoms with Crippen LogP contribution in [0.4, 0.5) is 4.39 Å². The van der Waals surface area contributed by atoms with Crippen molar-refractivity contribution in [2.24, 2.45) is 10.7 Å². The SMILES string of the molecule is NC(=CC(=NCc1ccccc1F)c1csc2ccccc12)c1ccccn1. The minimum Gasteiger partial charge on any atom is -0.397 e. The average Bonchev–Trinajstić information content (AvgIpc) is 3.17. The van der Waals surface area contributed by atoms with Gasteiger partial charge in [-0.1, -0.05) is 42.5 Å². The average molecular weight is 387 g/mol. The van der Waals surface area contributed by atoms with Crippen LogP contribution in [-0.2, 0) is 6.54 Å². The highest BCUT2D eigenvalue weighted by molar-refractivity contribution is 7.17. The highest BCUT2D eigenvalue weighted by Gasteiger charge is 2.11. The Balaban J connectivity index is 1.79. The monoisotopic (exact) mass is 387 g/mol. The van der Waals surface area contributed by atoms with Gasteiger partial charge >= 0.3 is 0 Å². The Kier molecular flexibility index (Phi) is 5.26. The van der Waals surface area contributed by atoms with Crippen molar-refractivity contribution in [2.45, 2.75) is 6.54 Å². The zero-order valence-electron chi connectivity index (χ0n) is 15.0. The number of aliphatic imine (C=N–C) groups is 1. The molecule has 2 heterocycles. The molecule has 0 saturated carbocycles. The topological polar surface area (TPSA) is 51.3 Å². The second-order valence-corrected chi connectivity index (χ2v) is 7.16. The number of halogens is 1. The first-order valence-corrected chi connectivity index (χ1v) is 9.73. The lowest BCUT2D eigenvalue weighted by atomic mass is 10.1. The Morgan fingerprint density at radius 3 is 2.64 bits per heavy atom. The largest absolute Gasteiger partial charge is 0.397 e. The Labute approximate surface area is 166 Å². The van der Waals surface area contributed by atoms with Crippen LogP contribution in [0.5, 0.6) is 0 Å². The maximum absolute atomic E-state index is 14.0. The summed E-state index contributed by atoms with van der Waals surface area (Å²) in [4.78, 5) is 9.01. The number of pyridine rings is 1. The third-order valence-electron chi connectivity index (χ3n) is 4.39. The summed E-state index contributed by atoms with van der Waals surface area (Å²) in [7, 11) is 0. The van der Waals surface area contributed by atoms with Gasteiger partial charge in [0.05, 0.1) is 23.6 Å². The van der Waals surface area contributed by atoms with Crippen molar-refractivity contribution >= 4 is 32.8 Å². The van der Waals surface area contributed by atoms with Crippen LogP contribution in [0.25, 0.3) is 15.8 Å². The number of hydrogen-bond donors (Lipinski definition) is 1. The number of nitrogens with two attached hydrogens (primary N) is 1. The maximum Gasteiger partial charge on any atom is 0.128 e. The lowest BCUT2D eigenvalue weighted by Gasteiger charge is -2.06. The second-order valence-electron chi connectivity index (χ2n) is 6.25. The molecule has 0 saturated heterocycles. The van der Waals surface area contributed by atoms with E-state index < -0.39 is 0 Å². The summed E-state index contributed by atoms with van der Waals surface area (Å²) in [6.45, 7) is 0.234. The predicted octanol–water partition coefficient (Wildman–Crippen LogP) is 5.42. The molecular weight excluding hydrogens is 369 g/mol. The normalized spacial score (nSPS) is 12.5. The number of aromatic nitrogens is 1. The molecule has 5 heteroatoms. The van der Waals surface area contributed by atoms with Crippen LogP contribution in [-0.4, -0.2) is 10.7 Å². The van der Waals surface area contributed by atoms with Crippen LogP contribution in [0.1, 0.15) is 16.8 Å². The van der Waals surface area contributed by atoms with Crippen LogP contribution < -0.4 is 5.73 Å². The number of nitrogens with zero attached hydrogens (tertiary/aromatic N) is 2. The van der Waals surface area contributed by atoms with Gasteiger partial charge in [-0.2, -0.15) is 0 Å². The number of thiophene rings is 1. The van der Waals surface area contributed by atoms with Gasteiger partial charge in [-0.3, -0.25) is 9.98 Å². The van der Waals surface area contributed by atoms with Gasteiger partial charge in [0, 0.05) is 32.8 Å².